The van der Waals surface area contributed by atoms with Crippen LogP contribution in [-0.4, -0.2) is 77.5 Å². The van der Waals surface area contributed by atoms with Gasteiger partial charge < -0.3 is 0 Å². The van der Waals surface area contributed by atoms with E-state index in [9.17, 15) is 14.4 Å². The van der Waals surface area contributed by atoms with Gasteiger partial charge in [0, 0.05) is 0 Å². The SMILES string of the molecule is CCC[CH2][Sn]([CH2]CCC)([CH2]CCC)[c]1ccc(C[C@@H]2[C@H](OC(C)=O)[C@@H](OC(=O)OC(C)(C)C)CN2C(=O)OC(C)(C)C)cc1. The van der Waals surface area contributed by atoms with Crippen molar-refractivity contribution in [1.82, 2.24) is 4.90 Å². The molecule has 1 aromatic rings. The van der Waals surface area contributed by atoms with Crippen LogP contribution in [0.25, 0.3) is 0 Å². The Bertz CT molecular complexity index is 1040. The van der Waals surface area contributed by atoms with E-state index in [-0.39, 0.29) is 6.54 Å². The molecule has 8 nitrogen and oxygen atoms in total. The predicted octanol–water partition coefficient (Wildman–Crippen LogP) is 8.16. The van der Waals surface area contributed by atoms with E-state index in [1.807, 2.05) is 0 Å². The van der Waals surface area contributed by atoms with Gasteiger partial charge in [0.1, 0.15) is 0 Å². The topological polar surface area (TPSA) is 91.4 Å². The van der Waals surface area contributed by atoms with Crippen molar-refractivity contribution in [3.8, 4) is 0 Å². The second-order valence-corrected chi connectivity index (χ2v) is 27.6. The van der Waals surface area contributed by atoms with Gasteiger partial charge in [-0.3, -0.25) is 0 Å². The summed E-state index contributed by atoms with van der Waals surface area (Å²) >= 11 is -2.60. The fraction of sp³-hybridized carbons (Fsp3) is 0.743. The van der Waals surface area contributed by atoms with Gasteiger partial charge in [-0.05, 0) is 20.8 Å². The number of hydrogen-bond acceptors (Lipinski definition) is 7. The van der Waals surface area contributed by atoms with Gasteiger partial charge in [-0.1, -0.05) is 0 Å². The third-order valence-corrected chi connectivity index (χ3v) is 23.8. The molecular weight excluding hydrogens is 665 g/mol. The number of amides is 1. The average Bonchev–Trinajstić information content (AvgIpc) is 3.22. The molecule has 3 atom stereocenters. The third kappa shape index (κ3) is 12.1. The van der Waals surface area contributed by atoms with Crippen LogP contribution in [0, 0.1) is 0 Å². The normalized spacial score (nSPS) is 19.0. The van der Waals surface area contributed by atoms with Gasteiger partial charge in [-0.25, -0.2) is 0 Å². The van der Waals surface area contributed by atoms with E-state index < -0.39 is 66.0 Å². The molecule has 1 heterocycles. The van der Waals surface area contributed by atoms with Crippen molar-refractivity contribution in [1.29, 1.82) is 0 Å². The van der Waals surface area contributed by atoms with Crippen molar-refractivity contribution >= 4 is 40.2 Å². The molecule has 0 saturated carbocycles. The summed E-state index contributed by atoms with van der Waals surface area (Å²) < 4.78 is 28.3. The summed E-state index contributed by atoms with van der Waals surface area (Å²) in [6, 6.07) is 8.47. The maximum atomic E-state index is 13.4. The molecular formula is C35H59NO7Sn. The zero-order valence-corrected chi connectivity index (χ0v) is 32.0. The van der Waals surface area contributed by atoms with E-state index in [1.165, 1.54) is 63.7 Å². The monoisotopic (exact) mass is 725 g/mol. The number of hydrogen-bond donors (Lipinski definition) is 0. The third-order valence-electron chi connectivity index (χ3n) is 8.13. The Kier molecular flexibility index (Phi) is 14.8. The molecule has 9 heteroatoms. The van der Waals surface area contributed by atoms with Crippen molar-refractivity contribution in [3.05, 3.63) is 29.8 Å². The molecule has 2 rings (SSSR count). The molecule has 0 aliphatic carbocycles. The van der Waals surface area contributed by atoms with Crippen LogP contribution < -0.4 is 3.58 Å². The van der Waals surface area contributed by atoms with E-state index in [0.717, 1.165) is 5.56 Å². The first-order chi connectivity index (χ1) is 20.5. The molecule has 1 saturated heterocycles. The van der Waals surface area contributed by atoms with Gasteiger partial charge in [-0.2, -0.15) is 0 Å². The quantitative estimate of drug-likeness (QED) is 0.109. The standard InChI is InChI=1S/C23H32NO7.3C4H9.Sn/c1-15(25)28-19-17(13-16-11-9-8-10-12-16)24(20(26)30-22(2,3)4)14-18(19)29-21(27)31-23(5,6)7;3*1-3-4-2;/h9-12,17-19H,13-14H2,1-7H3;3*1,3-4H2,2H3;/t17-,18+,19+;;;;/m1..../s1. The number of ether oxygens (including phenoxy) is 4. The van der Waals surface area contributed by atoms with Crippen molar-refractivity contribution in [2.75, 3.05) is 6.54 Å². The number of rotatable bonds is 14. The minimum absolute atomic E-state index is 0.0273. The first-order valence-electron chi connectivity index (χ1n) is 16.7. The van der Waals surface area contributed by atoms with E-state index >= 15 is 0 Å². The summed E-state index contributed by atoms with van der Waals surface area (Å²) in [5.74, 6) is -0.513. The molecule has 1 fully saturated rings. The van der Waals surface area contributed by atoms with Gasteiger partial charge in [-0.15, -0.1) is 0 Å². The molecule has 0 N–H and O–H groups in total. The molecule has 250 valence electrons. The molecule has 1 aliphatic rings. The van der Waals surface area contributed by atoms with Crippen LogP contribution in [0.4, 0.5) is 9.59 Å². The average molecular weight is 725 g/mol. The van der Waals surface area contributed by atoms with Crippen LogP contribution in [0.1, 0.15) is 113 Å². The Labute approximate surface area is 270 Å². The molecule has 0 unspecified atom stereocenters. The minimum atomic E-state index is -2.60. The number of likely N-dealkylation sites (tertiary alicyclic amines) is 1. The van der Waals surface area contributed by atoms with Crippen LogP contribution in [0.5, 0.6) is 0 Å². The number of unbranched alkanes of at least 4 members (excludes halogenated alkanes) is 3. The van der Waals surface area contributed by atoms with Crippen molar-refractivity contribution in [2.45, 2.75) is 157 Å². The maximum absolute atomic E-state index is 13.4. The molecule has 1 aromatic carbocycles. The van der Waals surface area contributed by atoms with Gasteiger partial charge in [0.25, 0.3) is 0 Å². The Morgan fingerprint density at radius 1 is 0.795 bits per heavy atom. The number of benzene rings is 1. The fourth-order valence-corrected chi connectivity index (χ4v) is 22.0. The second-order valence-electron chi connectivity index (χ2n) is 14.4. The summed E-state index contributed by atoms with van der Waals surface area (Å²) in [7, 11) is 0. The van der Waals surface area contributed by atoms with Crippen LogP contribution in [0.2, 0.25) is 13.3 Å². The molecule has 0 aromatic heterocycles. The summed E-state index contributed by atoms with van der Waals surface area (Å²) in [6.07, 6.45) is 4.79. The zero-order chi connectivity index (χ0) is 33.1. The number of carbonyl (C=O) groups is 3. The fourth-order valence-electron chi connectivity index (χ4n) is 6.05. The molecule has 1 amide bonds. The van der Waals surface area contributed by atoms with Crippen molar-refractivity contribution < 1.29 is 33.3 Å². The van der Waals surface area contributed by atoms with E-state index in [4.69, 9.17) is 18.9 Å². The van der Waals surface area contributed by atoms with Crippen LogP contribution in [0.3, 0.4) is 0 Å². The van der Waals surface area contributed by atoms with Crippen molar-refractivity contribution in [2.24, 2.45) is 0 Å². The van der Waals surface area contributed by atoms with Gasteiger partial charge in [0.2, 0.25) is 0 Å². The summed E-state index contributed by atoms with van der Waals surface area (Å²) in [4.78, 5) is 39.9. The summed E-state index contributed by atoms with van der Waals surface area (Å²) in [5, 5.41) is 0. The predicted molar refractivity (Wildman–Crippen MR) is 178 cm³/mol. The summed E-state index contributed by atoms with van der Waals surface area (Å²) in [5.41, 5.74) is -0.454. The van der Waals surface area contributed by atoms with E-state index in [0.29, 0.717) is 6.42 Å². The zero-order valence-electron chi connectivity index (χ0n) is 29.1. The Hall–Kier alpha value is -1.97. The summed E-state index contributed by atoms with van der Waals surface area (Å²) in [6.45, 7) is 18.9. The molecule has 1 aliphatic heterocycles. The second kappa shape index (κ2) is 17.1. The van der Waals surface area contributed by atoms with Crippen LogP contribution in [0.15, 0.2) is 24.3 Å². The van der Waals surface area contributed by atoms with Crippen LogP contribution in [-0.2, 0) is 30.2 Å². The van der Waals surface area contributed by atoms with E-state index in [2.05, 4.69) is 45.0 Å². The Balaban J connectivity index is 2.45. The number of esters is 1. The van der Waals surface area contributed by atoms with Crippen molar-refractivity contribution in [3.63, 3.8) is 0 Å². The first-order valence-corrected chi connectivity index (χ1v) is 24.2. The molecule has 0 bridgehead atoms. The van der Waals surface area contributed by atoms with Gasteiger partial charge in [0.15, 0.2) is 0 Å². The number of nitrogens with zero attached hydrogens (tertiary/aromatic N) is 1. The Morgan fingerprint density at radius 2 is 1.30 bits per heavy atom. The molecule has 0 spiro atoms. The first kappa shape index (κ1) is 38.2. The van der Waals surface area contributed by atoms with Gasteiger partial charge in [0.05, 0.1) is 0 Å². The van der Waals surface area contributed by atoms with Crippen LogP contribution >= 0.6 is 0 Å². The number of carbonyl (C=O) groups excluding carboxylic acids is 3. The molecule has 44 heavy (non-hydrogen) atoms. The van der Waals surface area contributed by atoms with Gasteiger partial charge >= 0.3 is 251 Å². The molecule has 0 radical (unpaired) electrons. The Morgan fingerprint density at radius 3 is 1.73 bits per heavy atom. The van der Waals surface area contributed by atoms with E-state index in [1.54, 1.807) is 45.1 Å².